The zero-order chi connectivity index (χ0) is 22.3. The predicted molar refractivity (Wildman–Crippen MR) is 110 cm³/mol. The zero-order valence-electron chi connectivity index (χ0n) is 16.8. The molecule has 0 spiro atoms. The lowest BCUT2D eigenvalue weighted by Crippen LogP contribution is -2.25. The molecule has 0 aromatic heterocycles. The van der Waals surface area contributed by atoms with Gasteiger partial charge in [0.25, 0.3) is 0 Å². The molecule has 0 bridgehead atoms. The van der Waals surface area contributed by atoms with Crippen LogP contribution in [0.1, 0.15) is 43.7 Å². The molecule has 158 valence electrons. The number of allylic oxidation sites excluding steroid dienone is 4. The fourth-order valence-electron chi connectivity index (χ4n) is 3.20. The molecule has 0 heterocycles. The summed E-state index contributed by atoms with van der Waals surface area (Å²) in [6, 6.07) is 8.33. The van der Waals surface area contributed by atoms with E-state index in [2.05, 4.69) is 11.9 Å². The summed E-state index contributed by atoms with van der Waals surface area (Å²) in [7, 11) is 0. The number of hydrogen-bond acceptors (Lipinski definition) is 1. The molecule has 0 unspecified atom stereocenters. The maximum absolute atomic E-state index is 14.1. The number of amides is 1. The summed E-state index contributed by atoms with van der Waals surface area (Å²) in [5, 5.41) is 2.62. The summed E-state index contributed by atoms with van der Waals surface area (Å²) in [5.74, 6) is -3.76. The van der Waals surface area contributed by atoms with Crippen molar-refractivity contribution in [3.8, 4) is 0 Å². The van der Waals surface area contributed by atoms with Gasteiger partial charge in [0.15, 0.2) is 0 Å². The third-order valence-corrected chi connectivity index (χ3v) is 4.65. The minimum absolute atomic E-state index is 0.194. The summed E-state index contributed by atoms with van der Waals surface area (Å²) in [4.78, 5) is 12.7. The number of hydrogen-bond donors (Lipinski definition) is 1. The van der Waals surface area contributed by atoms with Crippen molar-refractivity contribution in [1.82, 2.24) is 5.32 Å². The largest absolute Gasteiger partial charge is 0.326 e. The van der Waals surface area contributed by atoms with Crippen LogP contribution < -0.4 is 5.32 Å². The van der Waals surface area contributed by atoms with Gasteiger partial charge in [-0.25, -0.2) is 17.6 Å². The van der Waals surface area contributed by atoms with E-state index in [4.69, 9.17) is 0 Å². The van der Waals surface area contributed by atoms with Crippen molar-refractivity contribution in [2.75, 3.05) is 0 Å². The van der Waals surface area contributed by atoms with Gasteiger partial charge in [-0.05, 0) is 54.8 Å². The first kappa shape index (κ1) is 23.1. The summed E-state index contributed by atoms with van der Waals surface area (Å²) in [5.41, 5.74) is 1.25. The van der Waals surface area contributed by atoms with Gasteiger partial charge in [-0.3, -0.25) is 4.79 Å². The molecule has 2 aromatic rings. The van der Waals surface area contributed by atoms with E-state index in [9.17, 15) is 22.4 Å². The van der Waals surface area contributed by atoms with Crippen molar-refractivity contribution in [3.63, 3.8) is 0 Å². The van der Waals surface area contributed by atoms with Gasteiger partial charge in [0.1, 0.15) is 23.3 Å². The Hall–Kier alpha value is -3.15. The molecule has 2 rings (SSSR count). The fourth-order valence-corrected chi connectivity index (χ4v) is 3.20. The molecule has 2 aromatic carbocycles. The highest BCUT2D eigenvalue weighted by Crippen LogP contribution is 2.30. The second-order valence-electron chi connectivity index (χ2n) is 6.65. The molecule has 0 aliphatic heterocycles. The lowest BCUT2D eigenvalue weighted by atomic mass is 9.88. The lowest BCUT2D eigenvalue weighted by molar-refractivity contribution is -0.120. The van der Waals surface area contributed by atoms with E-state index >= 15 is 0 Å². The zero-order valence-corrected chi connectivity index (χ0v) is 16.8. The number of rotatable bonds is 8. The molecular formula is C24H23F4NO. The number of halogens is 4. The number of benzene rings is 2. The first-order chi connectivity index (χ1) is 14.3. The molecule has 30 heavy (non-hydrogen) atoms. The normalized spacial score (nSPS) is 13.5. The van der Waals surface area contributed by atoms with Crippen LogP contribution in [0.4, 0.5) is 17.6 Å². The molecule has 0 aliphatic rings. The number of nitrogens with one attached hydrogen (secondary N) is 1. The first-order valence-corrected chi connectivity index (χ1v) is 9.48. The molecule has 1 amide bonds. The standard InChI is InChI=1S/C24H23F4NO/c1-4-20(22(28)5-2)23(6-3)29-24(30)14-21(15-7-9-17(25)10-8-15)16-11-18(26)13-19(27)12-16/h5-13,21H,3-4,14H2,1-2H3,(H,29,30)/b22-5+,23-20+/t21-/m0/s1. The van der Waals surface area contributed by atoms with Crippen molar-refractivity contribution in [2.45, 2.75) is 32.6 Å². The van der Waals surface area contributed by atoms with Gasteiger partial charge >= 0.3 is 0 Å². The summed E-state index contributed by atoms with van der Waals surface area (Å²) >= 11 is 0. The summed E-state index contributed by atoms with van der Waals surface area (Å²) in [6.07, 6.45) is 2.76. The quantitative estimate of drug-likeness (QED) is 0.387. The second-order valence-corrected chi connectivity index (χ2v) is 6.65. The van der Waals surface area contributed by atoms with Crippen molar-refractivity contribution in [1.29, 1.82) is 0 Å². The van der Waals surface area contributed by atoms with Crippen LogP contribution in [0.15, 0.2) is 78.3 Å². The molecule has 0 saturated carbocycles. The van der Waals surface area contributed by atoms with Gasteiger partial charge < -0.3 is 5.32 Å². The van der Waals surface area contributed by atoms with E-state index in [1.54, 1.807) is 6.92 Å². The van der Waals surface area contributed by atoms with Gasteiger partial charge in [-0.15, -0.1) is 0 Å². The fraction of sp³-hybridized carbons (Fsp3) is 0.208. The maximum Gasteiger partial charge on any atom is 0.225 e. The average molecular weight is 417 g/mol. The topological polar surface area (TPSA) is 29.1 Å². The van der Waals surface area contributed by atoms with Crippen LogP contribution >= 0.6 is 0 Å². The Morgan fingerprint density at radius 3 is 2.13 bits per heavy atom. The van der Waals surface area contributed by atoms with Crippen LogP contribution in [0.5, 0.6) is 0 Å². The van der Waals surface area contributed by atoms with E-state index in [0.29, 0.717) is 12.0 Å². The molecule has 2 nitrogen and oxygen atoms in total. The molecular weight excluding hydrogens is 394 g/mol. The lowest BCUT2D eigenvalue weighted by Gasteiger charge is -2.19. The van der Waals surface area contributed by atoms with Crippen molar-refractivity contribution >= 4 is 5.91 Å². The minimum Gasteiger partial charge on any atom is -0.326 e. The molecule has 0 fully saturated rings. The van der Waals surface area contributed by atoms with E-state index in [0.717, 1.165) is 18.2 Å². The Bertz CT molecular complexity index is 957. The van der Waals surface area contributed by atoms with Gasteiger partial charge in [-0.2, -0.15) is 0 Å². The Morgan fingerprint density at radius 2 is 1.63 bits per heavy atom. The van der Waals surface area contributed by atoms with Crippen LogP contribution in [-0.4, -0.2) is 5.91 Å². The second kappa shape index (κ2) is 10.6. The molecule has 6 heteroatoms. The highest BCUT2D eigenvalue weighted by atomic mass is 19.1. The van der Waals surface area contributed by atoms with E-state index < -0.39 is 35.1 Å². The van der Waals surface area contributed by atoms with E-state index in [-0.39, 0.29) is 23.3 Å². The minimum atomic E-state index is -0.785. The van der Waals surface area contributed by atoms with Crippen LogP contribution in [0.2, 0.25) is 0 Å². The van der Waals surface area contributed by atoms with Crippen molar-refractivity contribution in [2.24, 2.45) is 0 Å². The highest BCUT2D eigenvalue weighted by molar-refractivity contribution is 5.80. The van der Waals surface area contributed by atoms with Crippen LogP contribution in [0, 0.1) is 17.5 Å². The SMILES string of the molecule is C=C/C(NC(=O)C[C@@H](c1ccc(F)cc1)c1cc(F)cc(F)c1)=C(CC)\C(F)=C/C. The van der Waals surface area contributed by atoms with Crippen LogP contribution in [-0.2, 0) is 4.79 Å². The Balaban J connectivity index is 2.40. The summed E-state index contributed by atoms with van der Waals surface area (Å²) < 4.78 is 55.0. The Morgan fingerprint density at radius 1 is 1.03 bits per heavy atom. The first-order valence-electron chi connectivity index (χ1n) is 9.48. The third-order valence-electron chi connectivity index (χ3n) is 4.65. The van der Waals surface area contributed by atoms with Crippen LogP contribution in [0.25, 0.3) is 0 Å². The highest BCUT2D eigenvalue weighted by Gasteiger charge is 2.21. The Labute approximate surface area is 173 Å². The third kappa shape index (κ3) is 5.92. The molecule has 0 aliphatic carbocycles. The smallest absolute Gasteiger partial charge is 0.225 e. The Kier molecular flexibility index (Phi) is 8.16. The molecule has 1 N–H and O–H groups in total. The van der Waals surface area contributed by atoms with E-state index in [1.807, 2.05) is 0 Å². The number of carbonyl (C=O) groups is 1. The monoisotopic (exact) mass is 417 g/mol. The average Bonchev–Trinajstić information content (AvgIpc) is 2.71. The number of carbonyl (C=O) groups excluding carboxylic acids is 1. The van der Waals surface area contributed by atoms with Gasteiger partial charge in [0.2, 0.25) is 5.91 Å². The molecule has 1 atom stereocenters. The van der Waals surface area contributed by atoms with E-state index in [1.165, 1.54) is 43.3 Å². The van der Waals surface area contributed by atoms with Gasteiger partial charge in [-0.1, -0.05) is 31.7 Å². The van der Waals surface area contributed by atoms with Gasteiger partial charge in [0, 0.05) is 29.7 Å². The predicted octanol–water partition coefficient (Wildman–Crippen LogP) is 6.47. The van der Waals surface area contributed by atoms with Crippen molar-refractivity contribution in [3.05, 3.63) is 107 Å². The molecule has 0 saturated heterocycles. The maximum atomic E-state index is 14.1. The van der Waals surface area contributed by atoms with Crippen LogP contribution in [0.3, 0.4) is 0 Å². The van der Waals surface area contributed by atoms with Gasteiger partial charge in [0.05, 0.1) is 0 Å². The molecule has 0 radical (unpaired) electrons. The van der Waals surface area contributed by atoms with Crippen molar-refractivity contribution < 1.29 is 22.4 Å². The summed E-state index contributed by atoms with van der Waals surface area (Å²) in [6.45, 7) is 6.90.